The zero-order valence-electron chi connectivity index (χ0n) is 5.85. The van der Waals surface area contributed by atoms with Crippen LogP contribution in [0.1, 0.15) is 20.3 Å². The molecule has 1 aliphatic rings. The lowest BCUT2D eigenvalue weighted by molar-refractivity contribution is -0.168. The summed E-state index contributed by atoms with van der Waals surface area (Å²) in [6.45, 7) is 4.65. The van der Waals surface area contributed by atoms with Crippen molar-refractivity contribution in [3.05, 3.63) is 0 Å². The second-order valence-electron chi connectivity index (χ2n) is 1.29. The summed E-state index contributed by atoms with van der Waals surface area (Å²) < 4.78 is 9.11. The lowest BCUT2D eigenvalue weighted by Crippen LogP contribution is -2.17. The van der Waals surface area contributed by atoms with E-state index in [0.717, 1.165) is 0 Å². The van der Waals surface area contributed by atoms with E-state index in [0.29, 0.717) is 13.0 Å². The van der Waals surface area contributed by atoms with Gasteiger partial charge in [-0.25, -0.2) is 0 Å². The Morgan fingerprint density at radius 2 is 2.11 bits per heavy atom. The maximum atomic E-state index is 10.2. The monoisotopic (exact) mass is 132 g/mol. The molecule has 54 valence electrons. The van der Waals surface area contributed by atoms with Crippen molar-refractivity contribution in [2.45, 2.75) is 20.3 Å². The van der Waals surface area contributed by atoms with Gasteiger partial charge in [0.05, 0.1) is 13.0 Å². The van der Waals surface area contributed by atoms with Gasteiger partial charge in [0.15, 0.2) is 6.79 Å². The van der Waals surface area contributed by atoms with Crippen molar-refractivity contribution in [1.29, 1.82) is 0 Å². The molecule has 0 aromatic heterocycles. The highest BCUT2D eigenvalue weighted by Gasteiger charge is 2.06. The Morgan fingerprint density at radius 1 is 1.44 bits per heavy atom. The van der Waals surface area contributed by atoms with Gasteiger partial charge in [-0.2, -0.15) is 0 Å². The van der Waals surface area contributed by atoms with Crippen molar-refractivity contribution in [3.63, 3.8) is 0 Å². The first-order valence-corrected chi connectivity index (χ1v) is 3.13. The average Bonchev–Trinajstić information content (AvgIpc) is 1.94. The summed E-state index contributed by atoms with van der Waals surface area (Å²) in [6.07, 6.45) is 0.403. The summed E-state index contributed by atoms with van der Waals surface area (Å²) in [6, 6.07) is 0. The molecule has 0 aliphatic carbocycles. The van der Waals surface area contributed by atoms with Gasteiger partial charge in [-0.15, -0.1) is 0 Å². The number of carbonyl (C=O) groups is 1. The lowest BCUT2D eigenvalue weighted by atomic mass is 10.5. The maximum Gasteiger partial charge on any atom is 0.310 e. The van der Waals surface area contributed by atoms with E-state index in [2.05, 4.69) is 4.74 Å². The van der Waals surface area contributed by atoms with Crippen LogP contribution in [0.25, 0.3) is 0 Å². The van der Waals surface area contributed by atoms with Crippen LogP contribution in [0.15, 0.2) is 0 Å². The fourth-order valence-electron chi connectivity index (χ4n) is 0.394. The van der Waals surface area contributed by atoms with Crippen LogP contribution in [0.5, 0.6) is 0 Å². The van der Waals surface area contributed by atoms with Gasteiger partial charge >= 0.3 is 5.97 Å². The number of ether oxygens (including phenoxy) is 2. The van der Waals surface area contributed by atoms with Crippen LogP contribution in [0.2, 0.25) is 0 Å². The zero-order chi connectivity index (χ0) is 7.11. The molecule has 0 saturated carbocycles. The first kappa shape index (κ1) is 8.43. The maximum absolute atomic E-state index is 10.2. The molecule has 1 aliphatic heterocycles. The Balaban J connectivity index is 0.000000291. The molecule has 1 saturated heterocycles. The second-order valence-corrected chi connectivity index (χ2v) is 1.29. The zero-order valence-corrected chi connectivity index (χ0v) is 5.85. The van der Waals surface area contributed by atoms with Crippen molar-refractivity contribution in [2.24, 2.45) is 0 Å². The normalized spacial score (nSPS) is 17.3. The van der Waals surface area contributed by atoms with Crippen molar-refractivity contribution < 1.29 is 14.3 Å². The third-order valence-electron chi connectivity index (χ3n) is 0.754. The third-order valence-corrected chi connectivity index (χ3v) is 0.754. The third kappa shape index (κ3) is 3.97. The first-order valence-electron chi connectivity index (χ1n) is 3.13. The predicted octanol–water partition coefficient (Wildman–Crippen LogP) is 0.934. The molecular weight excluding hydrogens is 120 g/mol. The molecule has 3 heteroatoms. The van der Waals surface area contributed by atoms with E-state index in [-0.39, 0.29) is 12.8 Å². The molecule has 0 unspecified atom stereocenters. The Bertz CT molecular complexity index is 72.4. The topological polar surface area (TPSA) is 35.5 Å². The second kappa shape index (κ2) is 5.56. The fourth-order valence-corrected chi connectivity index (χ4v) is 0.394. The summed E-state index contributed by atoms with van der Waals surface area (Å²) in [5.74, 6) is -0.161. The van der Waals surface area contributed by atoms with Crippen LogP contribution in [0.3, 0.4) is 0 Å². The van der Waals surface area contributed by atoms with Crippen LogP contribution in [0, 0.1) is 0 Å². The lowest BCUT2D eigenvalue weighted by Gasteiger charge is -2.09. The Hall–Kier alpha value is -0.570. The molecule has 0 radical (unpaired) electrons. The van der Waals surface area contributed by atoms with Gasteiger partial charge in [-0.1, -0.05) is 13.8 Å². The number of carbonyl (C=O) groups excluding carboxylic acids is 1. The van der Waals surface area contributed by atoms with E-state index in [1.807, 2.05) is 13.8 Å². The molecule has 1 rings (SSSR count). The van der Waals surface area contributed by atoms with Gasteiger partial charge in [-0.05, 0) is 0 Å². The number of hydrogen-bond donors (Lipinski definition) is 0. The standard InChI is InChI=1S/C4H6O3.C2H6/c5-4-1-2-6-3-7-4;1-2/h1-3H2;1-2H3. The van der Waals surface area contributed by atoms with Gasteiger partial charge in [0.25, 0.3) is 0 Å². The predicted molar refractivity (Wildman–Crippen MR) is 32.9 cm³/mol. The summed E-state index contributed by atoms with van der Waals surface area (Å²) in [7, 11) is 0. The van der Waals surface area contributed by atoms with Crippen molar-refractivity contribution in [1.82, 2.24) is 0 Å². The van der Waals surface area contributed by atoms with E-state index < -0.39 is 0 Å². The van der Waals surface area contributed by atoms with Crippen LogP contribution in [-0.2, 0) is 14.3 Å². The highest BCUT2D eigenvalue weighted by Crippen LogP contribution is 1.94. The number of cyclic esters (lactones) is 1. The minimum Gasteiger partial charge on any atom is -0.438 e. The van der Waals surface area contributed by atoms with Crippen molar-refractivity contribution in [3.8, 4) is 0 Å². The minimum absolute atomic E-state index is 0.138. The van der Waals surface area contributed by atoms with Crippen LogP contribution >= 0.6 is 0 Å². The fraction of sp³-hybridized carbons (Fsp3) is 0.833. The largest absolute Gasteiger partial charge is 0.438 e. The molecule has 0 aromatic carbocycles. The van der Waals surface area contributed by atoms with Crippen LogP contribution in [-0.4, -0.2) is 19.4 Å². The van der Waals surface area contributed by atoms with Gasteiger partial charge in [0, 0.05) is 0 Å². The molecule has 3 nitrogen and oxygen atoms in total. The Morgan fingerprint density at radius 3 is 2.33 bits per heavy atom. The molecule has 0 aromatic rings. The molecule has 1 fully saturated rings. The summed E-state index contributed by atoms with van der Waals surface area (Å²) in [4.78, 5) is 10.2. The average molecular weight is 132 g/mol. The minimum atomic E-state index is -0.161. The molecule has 1 heterocycles. The molecular formula is C6H12O3. The Labute approximate surface area is 55.0 Å². The highest BCUT2D eigenvalue weighted by atomic mass is 16.7. The van der Waals surface area contributed by atoms with Gasteiger partial charge < -0.3 is 9.47 Å². The smallest absolute Gasteiger partial charge is 0.310 e. The van der Waals surface area contributed by atoms with E-state index in [1.54, 1.807) is 0 Å². The summed E-state index contributed by atoms with van der Waals surface area (Å²) in [5.41, 5.74) is 0. The van der Waals surface area contributed by atoms with Gasteiger partial charge in [0.2, 0.25) is 0 Å². The molecule has 0 spiro atoms. The summed E-state index contributed by atoms with van der Waals surface area (Å²) >= 11 is 0. The first-order chi connectivity index (χ1) is 4.39. The number of rotatable bonds is 0. The van der Waals surface area contributed by atoms with Crippen molar-refractivity contribution >= 4 is 5.97 Å². The Kier molecular flexibility index (Phi) is 5.21. The van der Waals surface area contributed by atoms with E-state index >= 15 is 0 Å². The van der Waals surface area contributed by atoms with Gasteiger partial charge in [-0.3, -0.25) is 4.79 Å². The quantitative estimate of drug-likeness (QED) is 0.460. The van der Waals surface area contributed by atoms with E-state index in [1.165, 1.54) is 0 Å². The molecule has 0 atom stereocenters. The molecule has 9 heavy (non-hydrogen) atoms. The number of esters is 1. The SMILES string of the molecule is CC.O=C1CCOCO1. The molecule has 0 amide bonds. The highest BCUT2D eigenvalue weighted by molar-refractivity contribution is 5.69. The van der Waals surface area contributed by atoms with E-state index in [9.17, 15) is 4.79 Å². The van der Waals surface area contributed by atoms with Crippen LogP contribution in [0.4, 0.5) is 0 Å². The molecule has 0 bridgehead atoms. The van der Waals surface area contributed by atoms with Crippen molar-refractivity contribution in [2.75, 3.05) is 13.4 Å². The van der Waals surface area contributed by atoms with Crippen LogP contribution < -0.4 is 0 Å². The van der Waals surface area contributed by atoms with Gasteiger partial charge in [0.1, 0.15) is 0 Å². The summed E-state index contributed by atoms with van der Waals surface area (Å²) in [5, 5.41) is 0. The number of hydrogen-bond acceptors (Lipinski definition) is 3. The molecule has 0 N–H and O–H groups in total. The van der Waals surface area contributed by atoms with E-state index in [4.69, 9.17) is 4.74 Å².